The first-order valence-electron chi connectivity index (χ1n) is 8.82. The largest absolute Gasteiger partial charge is 0.350 e. The molecule has 0 aromatic heterocycles. The van der Waals surface area contributed by atoms with Crippen molar-refractivity contribution in [3.8, 4) is 0 Å². The molecule has 3 saturated heterocycles. The molecule has 0 saturated carbocycles. The smallest absolute Gasteiger partial charge is 0.319 e. The third kappa shape index (κ3) is 2.63. The number of nitrogens with one attached hydrogen (secondary N) is 1. The quantitative estimate of drug-likeness (QED) is 0.752. The molecule has 2 atom stereocenters. The fourth-order valence-electron chi connectivity index (χ4n) is 4.49. The lowest BCUT2D eigenvalue weighted by Crippen LogP contribution is -2.57. The molecule has 3 aliphatic rings. The summed E-state index contributed by atoms with van der Waals surface area (Å²) in [7, 11) is 3.48. The van der Waals surface area contributed by atoms with Gasteiger partial charge in [0, 0.05) is 57.6 Å². The number of hydrogen-bond acceptors (Lipinski definition) is 3. The highest BCUT2D eigenvalue weighted by atomic mass is 16.2. The number of nitrogens with zero attached hydrogens (tertiary/aromatic N) is 3. The number of urea groups is 1. The van der Waals surface area contributed by atoms with E-state index in [0.29, 0.717) is 26.2 Å². The molecule has 4 amide bonds. The lowest BCUT2D eigenvalue weighted by molar-refractivity contribution is -0.136. The summed E-state index contributed by atoms with van der Waals surface area (Å²) in [4.78, 5) is 42.1. The Morgan fingerprint density at radius 1 is 1.17 bits per heavy atom. The first-order valence-corrected chi connectivity index (χ1v) is 8.82. The standard InChI is InChI=1S/C17H28N4O3/c1-11(2)15(23)20-7-5-17(6-8-20)13-10-21(16(24)19(3)4)9-12(13)14(22)18-17/h11-13H,5-10H2,1-4H3,(H,18,22)/t12-,13+/m1/s1. The highest BCUT2D eigenvalue weighted by molar-refractivity contribution is 5.85. The van der Waals surface area contributed by atoms with Crippen LogP contribution in [-0.2, 0) is 9.59 Å². The van der Waals surface area contributed by atoms with Gasteiger partial charge >= 0.3 is 6.03 Å². The summed E-state index contributed by atoms with van der Waals surface area (Å²) in [6.45, 7) is 6.33. The van der Waals surface area contributed by atoms with Crippen LogP contribution in [0.5, 0.6) is 0 Å². The van der Waals surface area contributed by atoms with Gasteiger partial charge in [-0.3, -0.25) is 9.59 Å². The molecule has 3 heterocycles. The van der Waals surface area contributed by atoms with Crippen LogP contribution in [0.2, 0.25) is 0 Å². The van der Waals surface area contributed by atoms with E-state index in [4.69, 9.17) is 0 Å². The number of amides is 4. The molecular weight excluding hydrogens is 308 g/mol. The van der Waals surface area contributed by atoms with Crippen molar-refractivity contribution in [1.82, 2.24) is 20.0 Å². The Bertz CT molecular complexity index is 552. The maximum Gasteiger partial charge on any atom is 0.319 e. The third-order valence-electron chi connectivity index (χ3n) is 5.85. The average Bonchev–Trinajstić information content (AvgIpc) is 3.08. The minimum absolute atomic E-state index is 0.00431. The molecule has 0 aromatic carbocycles. The fraction of sp³-hybridized carbons (Fsp3) is 0.824. The monoisotopic (exact) mass is 336 g/mol. The average molecular weight is 336 g/mol. The summed E-state index contributed by atoms with van der Waals surface area (Å²) in [5.41, 5.74) is -0.253. The molecule has 3 aliphatic heterocycles. The lowest BCUT2D eigenvalue weighted by atomic mass is 9.75. The molecule has 0 aliphatic carbocycles. The number of fused-ring (bicyclic) bond motifs is 2. The van der Waals surface area contributed by atoms with Crippen molar-refractivity contribution in [3.05, 3.63) is 0 Å². The molecule has 0 bridgehead atoms. The summed E-state index contributed by atoms with van der Waals surface area (Å²) < 4.78 is 0. The summed E-state index contributed by atoms with van der Waals surface area (Å²) in [6.07, 6.45) is 1.56. The normalized spacial score (nSPS) is 28.3. The van der Waals surface area contributed by atoms with Crippen LogP contribution >= 0.6 is 0 Å². The predicted molar refractivity (Wildman–Crippen MR) is 89.2 cm³/mol. The van der Waals surface area contributed by atoms with Gasteiger partial charge in [0.25, 0.3) is 0 Å². The first kappa shape index (κ1) is 17.0. The summed E-state index contributed by atoms with van der Waals surface area (Å²) in [5.74, 6) is 0.301. The highest BCUT2D eigenvalue weighted by Crippen LogP contribution is 2.44. The SMILES string of the molecule is CC(C)C(=O)N1CCC2(CC1)NC(=O)[C@@H]1CN(C(=O)N(C)C)C[C@@H]12. The Morgan fingerprint density at radius 2 is 1.79 bits per heavy atom. The summed E-state index contributed by atoms with van der Waals surface area (Å²) in [6, 6.07) is -0.0280. The molecule has 1 spiro atoms. The number of likely N-dealkylation sites (tertiary alicyclic amines) is 2. The zero-order chi connectivity index (χ0) is 17.6. The second kappa shape index (κ2) is 5.93. The molecule has 7 heteroatoms. The maximum absolute atomic E-state index is 12.4. The van der Waals surface area contributed by atoms with Crippen LogP contribution in [-0.4, -0.2) is 78.4 Å². The van der Waals surface area contributed by atoms with Crippen LogP contribution < -0.4 is 5.32 Å². The van der Waals surface area contributed by atoms with Crippen LogP contribution in [0.1, 0.15) is 26.7 Å². The van der Waals surface area contributed by atoms with Crippen molar-refractivity contribution in [2.24, 2.45) is 17.8 Å². The van der Waals surface area contributed by atoms with E-state index in [1.165, 1.54) is 0 Å². The van der Waals surface area contributed by atoms with E-state index in [0.717, 1.165) is 12.8 Å². The lowest BCUT2D eigenvalue weighted by Gasteiger charge is -2.43. The Kier molecular flexibility index (Phi) is 4.21. The molecule has 0 unspecified atom stereocenters. The molecule has 1 N–H and O–H groups in total. The molecule has 3 rings (SSSR count). The van der Waals surface area contributed by atoms with Crippen molar-refractivity contribution in [2.75, 3.05) is 40.3 Å². The Labute approximate surface area is 143 Å². The van der Waals surface area contributed by atoms with E-state index in [-0.39, 0.29) is 41.1 Å². The minimum atomic E-state index is -0.253. The van der Waals surface area contributed by atoms with Gasteiger partial charge in [0.2, 0.25) is 11.8 Å². The van der Waals surface area contributed by atoms with Crippen molar-refractivity contribution in [1.29, 1.82) is 0 Å². The third-order valence-corrected chi connectivity index (χ3v) is 5.85. The van der Waals surface area contributed by atoms with Crippen molar-refractivity contribution in [2.45, 2.75) is 32.2 Å². The fourth-order valence-corrected chi connectivity index (χ4v) is 4.49. The number of carbonyl (C=O) groups is 3. The zero-order valence-corrected chi connectivity index (χ0v) is 15.0. The van der Waals surface area contributed by atoms with E-state index in [1.807, 2.05) is 18.7 Å². The van der Waals surface area contributed by atoms with Gasteiger partial charge in [-0.2, -0.15) is 0 Å². The molecule has 7 nitrogen and oxygen atoms in total. The van der Waals surface area contributed by atoms with Crippen molar-refractivity contribution < 1.29 is 14.4 Å². The number of carbonyl (C=O) groups excluding carboxylic acids is 3. The van der Waals surface area contributed by atoms with E-state index < -0.39 is 0 Å². The van der Waals surface area contributed by atoms with Gasteiger partial charge in [0.05, 0.1) is 5.92 Å². The molecule has 24 heavy (non-hydrogen) atoms. The minimum Gasteiger partial charge on any atom is -0.350 e. The number of rotatable bonds is 1. The van der Waals surface area contributed by atoms with Crippen LogP contribution in [0.4, 0.5) is 4.79 Å². The van der Waals surface area contributed by atoms with Gasteiger partial charge in [0.15, 0.2) is 0 Å². The van der Waals surface area contributed by atoms with Gasteiger partial charge in [-0.1, -0.05) is 13.8 Å². The van der Waals surface area contributed by atoms with Crippen LogP contribution in [0, 0.1) is 17.8 Å². The molecule has 134 valence electrons. The molecule has 0 aromatic rings. The highest BCUT2D eigenvalue weighted by Gasteiger charge is 2.58. The van der Waals surface area contributed by atoms with E-state index in [2.05, 4.69) is 5.32 Å². The number of hydrogen-bond donors (Lipinski definition) is 1. The van der Waals surface area contributed by atoms with Gasteiger partial charge in [0.1, 0.15) is 0 Å². The topological polar surface area (TPSA) is 73.0 Å². The molecule has 3 fully saturated rings. The van der Waals surface area contributed by atoms with Gasteiger partial charge < -0.3 is 20.0 Å². The maximum atomic E-state index is 12.4. The van der Waals surface area contributed by atoms with E-state index >= 15 is 0 Å². The number of piperidine rings is 1. The summed E-state index contributed by atoms with van der Waals surface area (Å²) in [5, 5.41) is 3.22. The Hall–Kier alpha value is -1.79. The molecular formula is C17H28N4O3. The predicted octanol–water partition coefficient (Wildman–Crippen LogP) is 0.363. The second-order valence-corrected chi connectivity index (χ2v) is 7.92. The van der Waals surface area contributed by atoms with Gasteiger partial charge in [-0.25, -0.2) is 4.79 Å². The van der Waals surface area contributed by atoms with Crippen molar-refractivity contribution in [3.63, 3.8) is 0 Å². The molecule has 0 radical (unpaired) electrons. The van der Waals surface area contributed by atoms with Gasteiger partial charge in [-0.15, -0.1) is 0 Å². The Balaban J connectivity index is 1.71. The van der Waals surface area contributed by atoms with Gasteiger partial charge in [-0.05, 0) is 12.8 Å². The Morgan fingerprint density at radius 3 is 2.33 bits per heavy atom. The van der Waals surface area contributed by atoms with Crippen molar-refractivity contribution >= 4 is 17.8 Å². The van der Waals surface area contributed by atoms with E-state index in [1.54, 1.807) is 23.9 Å². The first-order chi connectivity index (χ1) is 11.2. The second-order valence-electron chi connectivity index (χ2n) is 7.92. The van der Waals surface area contributed by atoms with E-state index in [9.17, 15) is 14.4 Å². The summed E-state index contributed by atoms with van der Waals surface area (Å²) >= 11 is 0. The van der Waals surface area contributed by atoms with Crippen LogP contribution in [0.15, 0.2) is 0 Å². The zero-order valence-electron chi connectivity index (χ0n) is 15.0. The van der Waals surface area contributed by atoms with Crippen LogP contribution in [0.25, 0.3) is 0 Å². The van der Waals surface area contributed by atoms with Crippen LogP contribution in [0.3, 0.4) is 0 Å².